The fraction of sp³-hybridized carbons (Fsp3) is 0.600. The number of hydrogen-bond donors (Lipinski definition) is 2. The lowest BCUT2D eigenvalue weighted by Crippen LogP contribution is -2.34. The van der Waals surface area contributed by atoms with Gasteiger partial charge in [-0.05, 0) is 0 Å². The molecule has 1 aromatic rings. The zero-order chi connectivity index (χ0) is 11.4. The van der Waals surface area contributed by atoms with E-state index in [-0.39, 0.29) is 24.2 Å². The molecule has 0 radical (unpaired) electrons. The van der Waals surface area contributed by atoms with Crippen molar-refractivity contribution in [1.29, 1.82) is 0 Å². The quantitative estimate of drug-likeness (QED) is 0.645. The average molecular weight is 224 g/mol. The van der Waals surface area contributed by atoms with E-state index in [4.69, 9.17) is 4.74 Å². The fourth-order valence-electron chi connectivity index (χ4n) is 2.49. The van der Waals surface area contributed by atoms with Crippen molar-refractivity contribution in [2.75, 3.05) is 0 Å². The third-order valence-electron chi connectivity index (χ3n) is 3.45. The predicted octanol–water partition coefficient (Wildman–Crippen LogP) is -0.939. The maximum Gasteiger partial charge on any atom is 0.330 e. The normalized spacial score (nSPS) is 40.8. The lowest BCUT2D eigenvalue weighted by atomic mass is 10.1. The van der Waals surface area contributed by atoms with Crippen LogP contribution in [0.2, 0.25) is 0 Å². The first-order valence-corrected chi connectivity index (χ1v) is 5.24. The summed E-state index contributed by atoms with van der Waals surface area (Å²) < 4.78 is 6.92. The summed E-state index contributed by atoms with van der Waals surface area (Å²) in [6.07, 6.45) is 0.491. The van der Waals surface area contributed by atoms with Gasteiger partial charge in [-0.2, -0.15) is 0 Å². The number of rotatable bonds is 1. The van der Waals surface area contributed by atoms with Crippen LogP contribution in [-0.2, 0) is 4.74 Å². The van der Waals surface area contributed by atoms with Crippen LogP contribution in [0.4, 0.5) is 0 Å². The summed E-state index contributed by atoms with van der Waals surface area (Å²) in [4.78, 5) is 24.6. The Labute approximate surface area is 90.5 Å². The van der Waals surface area contributed by atoms with Crippen LogP contribution in [0.15, 0.2) is 21.9 Å². The molecule has 5 unspecified atom stereocenters. The highest BCUT2D eigenvalue weighted by Gasteiger charge is 2.62. The van der Waals surface area contributed by atoms with Crippen molar-refractivity contribution in [1.82, 2.24) is 9.55 Å². The van der Waals surface area contributed by atoms with Crippen molar-refractivity contribution in [2.45, 2.75) is 25.4 Å². The maximum absolute atomic E-state index is 11.5. The summed E-state index contributed by atoms with van der Waals surface area (Å²) in [6.45, 7) is 1.93. The smallest absolute Gasteiger partial charge is 0.330 e. The highest BCUT2D eigenvalue weighted by molar-refractivity contribution is 5.08. The third-order valence-corrected chi connectivity index (χ3v) is 3.45. The van der Waals surface area contributed by atoms with E-state index >= 15 is 0 Å². The summed E-state index contributed by atoms with van der Waals surface area (Å²) in [6, 6.07) is 1.29. The molecule has 6 nitrogen and oxygen atoms in total. The fourth-order valence-corrected chi connectivity index (χ4v) is 2.49. The molecule has 1 aliphatic heterocycles. The Morgan fingerprint density at radius 2 is 2.25 bits per heavy atom. The average Bonchev–Trinajstić information content (AvgIpc) is 2.70. The molecule has 5 atom stereocenters. The lowest BCUT2D eigenvalue weighted by Gasteiger charge is -2.21. The topological polar surface area (TPSA) is 84.3 Å². The highest BCUT2D eigenvalue weighted by Crippen LogP contribution is 2.53. The SMILES string of the molecule is CC1C2C(O)C2OC1n1ccc(=O)[nH]c1=O. The molecule has 1 saturated heterocycles. The first-order chi connectivity index (χ1) is 7.59. The molecular weight excluding hydrogens is 212 g/mol. The van der Waals surface area contributed by atoms with Gasteiger partial charge in [0, 0.05) is 24.1 Å². The van der Waals surface area contributed by atoms with Crippen molar-refractivity contribution >= 4 is 0 Å². The minimum absolute atomic E-state index is 0.0728. The summed E-state index contributed by atoms with van der Waals surface area (Å²) >= 11 is 0. The number of aromatic amines is 1. The lowest BCUT2D eigenvalue weighted by molar-refractivity contribution is -0.0335. The zero-order valence-electron chi connectivity index (χ0n) is 8.66. The molecule has 6 heteroatoms. The number of nitrogens with zero attached hydrogens (tertiary/aromatic N) is 1. The molecule has 86 valence electrons. The summed E-state index contributed by atoms with van der Waals surface area (Å²) in [7, 11) is 0. The standard InChI is InChI=1S/C10H12N2O4/c1-4-6-7(14)8(6)16-9(4)12-3-2-5(13)11-10(12)15/h2-4,6-9,14H,1H3,(H,11,13,15). The molecule has 0 bridgehead atoms. The Balaban J connectivity index is 1.95. The second kappa shape index (κ2) is 3.05. The van der Waals surface area contributed by atoms with Crippen LogP contribution < -0.4 is 11.2 Å². The summed E-state index contributed by atoms with van der Waals surface area (Å²) in [5, 5.41) is 9.42. The van der Waals surface area contributed by atoms with Crippen LogP contribution in [0.25, 0.3) is 0 Å². The molecule has 1 saturated carbocycles. The van der Waals surface area contributed by atoms with Gasteiger partial charge in [-0.15, -0.1) is 0 Å². The first kappa shape index (κ1) is 9.80. The van der Waals surface area contributed by atoms with Crippen LogP contribution in [0.3, 0.4) is 0 Å². The number of ether oxygens (including phenoxy) is 1. The van der Waals surface area contributed by atoms with E-state index in [0.29, 0.717) is 0 Å². The second-order valence-electron chi connectivity index (χ2n) is 4.44. The van der Waals surface area contributed by atoms with Crippen molar-refractivity contribution in [2.24, 2.45) is 11.8 Å². The van der Waals surface area contributed by atoms with E-state index < -0.39 is 17.4 Å². The molecule has 2 fully saturated rings. The molecule has 16 heavy (non-hydrogen) atoms. The van der Waals surface area contributed by atoms with E-state index in [1.807, 2.05) is 6.92 Å². The van der Waals surface area contributed by atoms with Crippen LogP contribution in [-0.4, -0.2) is 26.9 Å². The monoisotopic (exact) mass is 224 g/mol. The number of H-pyrrole nitrogens is 1. The highest BCUT2D eigenvalue weighted by atomic mass is 16.5. The number of nitrogens with one attached hydrogen (secondary N) is 1. The van der Waals surface area contributed by atoms with Crippen LogP contribution in [0.5, 0.6) is 0 Å². The molecule has 0 amide bonds. The largest absolute Gasteiger partial charge is 0.390 e. The Morgan fingerprint density at radius 3 is 2.81 bits per heavy atom. The first-order valence-electron chi connectivity index (χ1n) is 5.24. The third kappa shape index (κ3) is 1.20. The van der Waals surface area contributed by atoms with Crippen LogP contribution >= 0.6 is 0 Å². The molecule has 2 aliphatic rings. The van der Waals surface area contributed by atoms with Gasteiger partial charge in [-0.1, -0.05) is 6.92 Å². The Hall–Kier alpha value is -1.40. The molecule has 0 aromatic carbocycles. The number of hydrogen-bond acceptors (Lipinski definition) is 4. The number of aliphatic hydroxyl groups excluding tert-OH is 1. The Morgan fingerprint density at radius 1 is 1.50 bits per heavy atom. The van der Waals surface area contributed by atoms with Gasteiger partial charge in [0.15, 0.2) is 0 Å². The summed E-state index contributed by atoms with van der Waals surface area (Å²) in [5.74, 6) is 0.187. The van der Waals surface area contributed by atoms with E-state index in [1.54, 1.807) is 0 Å². The predicted molar refractivity (Wildman–Crippen MR) is 53.9 cm³/mol. The second-order valence-corrected chi connectivity index (χ2v) is 4.44. The maximum atomic E-state index is 11.5. The van der Waals surface area contributed by atoms with Crippen molar-refractivity contribution in [3.63, 3.8) is 0 Å². The molecule has 1 aliphatic carbocycles. The Kier molecular flexibility index (Phi) is 1.87. The number of aliphatic hydroxyl groups is 1. The minimum atomic E-state index is -0.472. The van der Waals surface area contributed by atoms with Crippen molar-refractivity contribution in [3.8, 4) is 0 Å². The van der Waals surface area contributed by atoms with Gasteiger partial charge in [-0.25, -0.2) is 4.79 Å². The van der Waals surface area contributed by atoms with Gasteiger partial charge < -0.3 is 9.84 Å². The molecule has 0 spiro atoms. The zero-order valence-corrected chi connectivity index (χ0v) is 8.66. The van der Waals surface area contributed by atoms with Gasteiger partial charge in [-0.3, -0.25) is 14.3 Å². The summed E-state index contributed by atoms with van der Waals surface area (Å²) in [5.41, 5.74) is -0.891. The van der Waals surface area contributed by atoms with Crippen LogP contribution in [0.1, 0.15) is 13.2 Å². The van der Waals surface area contributed by atoms with E-state index in [9.17, 15) is 14.7 Å². The van der Waals surface area contributed by atoms with Gasteiger partial charge >= 0.3 is 5.69 Å². The molecule has 2 N–H and O–H groups in total. The van der Waals surface area contributed by atoms with E-state index in [2.05, 4.69) is 4.98 Å². The molecule has 3 rings (SSSR count). The van der Waals surface area contributed by atoms with Gasteiger partial charge in [0.2, 0.25) is 0 Å². The van der Waals surface area contributed by atoms with E-state index in [0.717, 1.165) is 0 Å². The van der Waals surface area contributed by atoms with Gasteiger partial charge in [0.05, 0.1) is 12.2 Å². The molecular formula is C10H12N2O4. The van der Waals surface area contributed by atoms with Crippen molar-refractivity contribution < 1.29 is 9.84 Å². The minimum Gasteiger partial charge on any atom is -0.390 e. The van der Waals surface area contributed by atoms with Crippen molar-refractivity contribution in [3.05, 3.63) is 33.1 Å². The molecule has 1 aromatic heterocycles. The molecule has 2 heterocycles. The van der Waals surface area contributed by atoms with Crippen LogP contribution in [0, 0.1) is 11.8 Å². The van der Waals surface area contributed by atoms with Gasteiger partial charge in [0.1, 0.15) is 6.23 Å². The number of fused-ring (bicyclic) bond motifs is 1. The Bertz CT molecular complexity index is 534. The van der Waals surface area contributed by atoms with Gasteiger partial charge in [0.25, 0.3) is 5.56 Å². The number of aromatic nitrogens is 2. The van der Waals surface area contributed by atoms with E-state index in [1.165, 1.54) is 16.8 Å².